The summed E-state index contributed by atoms with van der Waals surface area (Å²) in [6.45, 7) is 2.57. The first-order valence-corrected chi connectivity index (χ1v) is 11.9. The van der Waals surface area contributed by atoms with Crippen LogP contribution in [-0.4, -0.2) is 31.7 Å². The zero-order valence-corrected chi connectivity index (χ0v) is 18.8. The van der Waals surface area contributed by atoms with Crippen LogP contribution in [0.3, 0.4) is 0 Å². The van der Waals surface area contributed by atoms with E-state index in [0.717, 1.165) is 19.5 Å². The van der Waals surface area contributed by atoms with Gasteiger partial charge < -0.3 is 5.32 Å². The van der Waals surface area contributed by atoms with E-state index in [2.05, 4.69) is 37.2 Å². The summed E-state index contributed by atoms with van der Waals surface area (Å²) in [5.74, 6) is -0.493. The molecule has 1 unspecified atom stereocenters. The number of amides is 1. The van der Waals surface area contributed by atoms with Crippen LogP contribution in [0.1, 0.15) is 18.4 Å². The number of carbonyl (C=O) groups is 1. The lowest BCUT2D eigenvalue weighted by atomic mass is 9.98. The maximum Gasteiger partial charge on any atom is 0.252 e. The number of benzene rings is 1. The molecule has 1 aromatic heterocycles. The molecular formula is C17H18Br2N2O3S2. The molecule has 1 fully saturated rings. The SMILES string of the molecule is Cc1cc(Br)ccc1NC(=O)C1CCCN(S(=O)(=O)c2ccc(Br)s2)C1. The zero-order chi connectivity index (χ0) is 18.9. The van der Waals surface area contributed by atoms with Crippen molar-refractivity contribution in [3.8, 4) is 0 Å². The molecule has 0 aliphatic carbocycles. The summed E-state index contributed by atoms with van der Waals surface area (Å²) >= 11 is 7.89. The number of thiophene rings is 1. The van der Waals surface area contributed by atoms with Crippen molar-refractivity contribution in [2.45, 2.75) is 24.0 Å². The predicted octanol–water partition coefficient (Wildman–Crippen LogP) is 4.62. The average Bonchev–Trinajstić information content (AvgIpc) is 3.05. The molecule has 0 bridgehead atoms. The fourth-order valence-electron chi connectivity index (χ4n) is 2.94. The molecule has 1 saturated heterocycles. The molecule has 3 rings (SSSR count). The van der Waals surface area contributed by atoms with Gasteiger partial charge in [0.1, 0.15) is 4.21 Å². The fraction of sp³-hybridized carbons (Fsp3) is 0.353. The molecule has 1 amide bonds. The molecular weight excluding hydrogens is 504 g/mol. The predicted molar refractivity (Wildman–Crippen MR) is 111 cm³/mol. The van der Waals surface area contributed by atoms with Gasteiger partial charge in [-0.05, 0) is 71.6 Å². The van der Waals surface area contributed by atoms with Crippen LogP contribution in [0.5, 0.6) is 0 Å². The van der Waals surface area contributed by atoms with E-state index in [0.29, 0.717) is 23.6 Å². The molecule has 1 aliphatic rings. The van der Waals surface area contributed by atoms with Crippen LogP contribution in [0.25, 0.3) is 0 Å². The molecule has 1 atom stereocenters. The van der Waals surface area contributed by atoms with Gasteiger partial charge in [0.05, 0.1) is 9.70 Å². The first-order valence-electron chi connectivity index (χ1n) is 8.10. The van der Waals surface area contributed by atoms with Crippen LogP contribution < -0.4 is 5.32 Å². The minimum Gasteiger partial charge on any atom is -0.326 e. The number of anilines is 1. The van der Waals surface area contributed by atoms with Crippen molar-refractivity contribution in [3.05, 3.63) is 44.2 Å². The normalized spacial score (nSPS) is 18.7. The van der Waals surface area contributed by atoms with Gasteiger partial charge in [-0.1, -0.05) is 15.9 Å². The van der Waals surface area contributed by atoms with Gasteiger partial charge in [-0.15, -0.1) is 11.3 Å². The third-order valence-electron chi connectivity index (χ3n) is 4.34. The van der Waals surface area contributed by atoms with Crippen molar-refractivity contribution >= 4 is 64.8 Å². The Morgan fingerprint density at radius 2 is 2.04 bits per heavy atom. The van der Waals surface area contributed by atoms with E-state index >= 15 is 0 Å². The molecule has 140 valence electrons. The Kier molecular flexibility index (Phi) is 6.23. The van der Waals surface area contributed by atoms with E-state index in [9.17, 15) is 13.2 Å². The lowest BCUT2D eigenvalue weighted by Gasteiger charge is -2.30. The highest BCUT2D eigenvalue weighted by atomic mass is 79.9. The van der Waals surface area contributed by atoms with Gasteiger partial charge in [0, 0.05) is 23.2 Å². The largest absolute Gasteiger partial charge is 0.326 e. The lowest BCUT2D eigenvalue weighted by Crippen LogP contribution is -2.43. The van der Waals surface area contributed by atoms with Crippen LogP contribution in [0.4, 0.5) is 5.69 Å². The zero-order valence-electron chi connectivity index (χ0n) is 14.0. The van der Waals surface area contributed by atoms with E-state index in [1.807, 2.05) is 25.1 Å². The summed E-state index contributed by atoms with van der Waals surface area (Å²) < 4.78 is 29.0. The Bertz CT molecular complexity index is 928. The highest BCUT2D eigenvalue weighted by molar-refractivity contribution is 9.11. The molecule has 0 spiro atoms. The van der Waals surface area contributed by atoms with Gasteiger partial charge >= 0.3 is 0 Å². The molecule has 5 nitrogen and oxygen atoms in total. The summed E-state index contributed by atoms with van der Waals surface area (Å²) in [6, 6.07) is 8.97. The highest BCUT2D eigenvalue weighted by Gasteiger charge is 2.34. The Morgan fingerprint density at radius 1 is 1.27 bits per heavy atom. The van der Waals surface area contributed by atoms with Crippen LogP contribution in [0, 0.1) is 12.8 Å². The number of hydrogen-bond acceptors (Lipinski definition) is 4. The van der Waals surface area contributed by atoms with Gasteiger partial charge in [0.25, 0.3) is 10.0 Å². The van der Waals surface area contributed by atoms with Crippen molar-refractivity contribution in [1.29, 1.82) is 0 Å². The fourth-order valence-corrected chi connectivity index (χ4v) is 7.10. The van der Waals surface area contributed by atoms with E-state index in [-0.39, 0.29) is 18.4 Å². The van der Waals surface area contributed by atoms with Crippen LogP contribution in [-0.2, 0) is 14.8 Å². The smallest absolute Gasteiger partial charge is 0.252 e. The summed E-state index contributed by atoms with van der Waals surface area (Å²) in [5, 5.41) is 2.94. The molecule has 1 aliphatic heterocycles. The number of nitrogens with zero attached hydrogens (tertiary/aromatic N) is 1. The Hall–Kier alpha value is -0.740. The van der Waals surface area contributed by atoms with Crippen molar-refractivity contribution in [2.75, 3.05) is 18.4 Å². The van der Waals surface area contributed by atoms with E-state index in [1.54, 1.807) is 12.1 Å². The number of piperidine rings is 1. The molecule has 1 aromatic carbocycles. The topological polar surface area (TPSA) is 66.5 Å². The minimum absolute atomic E-state index is 0.136. The Balaban J connectivity index is 1.72. The van der Waals surface area contributed by atoms with Crippen molar-refractivity contribution in [2.24, 2.45) is 5.92 Å². The molecule has 9 heteroatoms. The first-order chi connectivity index (χ1) is 12.3. The van der Waals surface area contributed by atoms with Crippen LogP contribution in [0.15, 0.2) is 42.8 Å². The molecule has 0 radical (unpaired) electrons. The van der Waals surface area contributed by atoms with E-state index < -0.39 is 10.0 Å². The van der Waals surface area contributed by atoms with Gasteiger partial charge in [0.15, 0.2) is 0 Å². The van der Waals surface area contributed by atoms with Gasteiger partial charge in [-0.2, -0.15) is 4.31 Å². The molecule has 1 N–H and O–H groups in total. The third-order valence-corrected chi connectivity index (χ3v) is 8.79. The lowest BCUT2D eigenvalue weighted by molar-refractivity contribution is -0.120. The van der Waals surface area contributed by atoms with E-state index in [1.165, 1.54) is 15.6 Å². The number of aryl methyl sites for hydroxylation is 1. The summed E-state index contributed by atoms with van der Waals surface area (Å²) in [4.78, 5) is 12.7. The van der Waals surface area contributed by atoms with Crippen LogP contribution >= 0.6 is 43.2 Å². The number of carbonyl (C=O) groups excluding carboxylic acids is 1. The summed E-state index contributed by atoms with van der Waals surface area (Å²) in [7, 11) is -3.56. The maximum atomic E-state index is 12.8. The van der Waals surface area contributed by atoms with Gasteiger partial charge in [-0.3, -0.25) is 4.79 Å². The second kappa shape index (κ2) is 8.10. The third kappa shape index (κ3) is 4.39. The minimum atomic E-state index is -3.56. The number of hydrogen-bond donors (Lipinski definition) is 1. The molecule has 2 heterocycles. The first kappa shape index (κ1) is 20.0. The number of nitrogens with one attached hydrogen (secondary N) is 1. The standard InChI is InChI=1S/C17H18Br2N2O3S2/c1-11-9-13(18)4-5-14(11)20-17(22)12-3-2-8-21(10-12)26(23,24)16-7-6-15(19)25-16/h4-7,9,12H,2-3,8,10H2,1H3,(H,20,22). The van der Waals surface area contributed by atoms with Crippen LogP contribution in [0.2, 0.25) is 0 Å². The van der Waals surface area contributed by atoms with Gasteiger partial charge in [-0.25, -0.2) is 8.42 Å². The molecule has 0 saturated carbocycles. The highest BCUT2D eigenvalue weighted by Crippen LogP contribution is 2.31. The number of sulfonamides is 1. The van der Waals surface area contributed by atoms with Crippen molar-refractivity contribution < 1.29 is 13.2 Å². The Morgan fingerprint density at radius 3 is 2.69 bits per heavy atom. The molecule has 26 heavy (non-hydrogen) atoms. The van der Waals surface area contributed by atoms with Gasteiger partial charge in [0.2, 0.25) is 5.91 Å². The second-order valence-corrected chi connectivity index (χ2v) is 11.8. The second-order valence-electron chi connectivity index (χ2n) is 6.21. The van der Waals surface area contributed by atoms with E-state index in [4.69, 9.17) is 0 Å². The monoisotopic (exact) mass is 520 g/mol. The summed E-state index contributed by atoms with van der Waals surface area (Å²) in [5.41, 5.74) is 1.71. The number of halogens is 2. The Labute approximate surface area is 174 Å². The number of rotatable bonds is 4. The van der Waals surface area contributed by atoms with Crippen molar-refractivity contribution in [1.82, 2.24) is 4.31 Å². The summed E-state index contributed by atoms with van der Waals surface area (Å²) in [6.07, 6.45) is 1.35. The van der Waals surface area contributed by atoms with Crippen molar-refractivity contribution in [3.63, 3.8) is 0 Å². The average molecular weight is 522 g/mol. The quantitative estimate of drug-likeness (QED) is 0.638. The molecule has 2 aromatic rings. The maximum absolute atomic E-state index is 12.8.